The number of hydrogen-bond acceptors (Lipinski definition) is 5. The first-order valence-corrected chi connectivity index (χ1v) is 15.8. The summed E-state index contributed by atoms with van der Waals surface area (Å²) in [5.41, 5.74) is 0.899. The van der Waals surface area contributed by atoms with Crippen molar-refractivity contribution in [1.82, 2.24) is 10.2 Å². The second-order valence-electron chi connectivity index (χ2n) is 10.3. The van der Waals surface area contributed by atoms with Crippen LogP contribution in [0.25, 0.3) is 0 Å². The van der Waals surface area contributed by atoms with E-state index in [9.17, 15) is 22.4 Å². The molecule has 0 radical (unpaired) electrons. The molecule has 4 rings (SSSR count). The molecular formula is C32H38FN3O5S. The van der Waals surface area contributed by atoms with Gasteiger partial charge >= 0.3 is 0 Å². The van der Waals surface area contributed by atoms with Crippen molar-refractivity contribution in [2.24, 2.45) is 0 Å². The quantitative estimate of drug-likeness (QED) is 0.290. The van der Waals surface area contributed by atoms with Gasteiger partial charge in [-0.1, -0.05) is 50.1 Å². The number of nitrogens with zero attached hydrogens (tertiary/aromatic N) is 2. The summed E-state index contributed by atoms with van der Waals surface area (Å²) in [4.78, 5) is 29.0. The Morgan fingerprint density at radius 1 is 0.952 bits per heavy atom. The Morgan fingerprint density at radius 3 is 2.19 bits per heavy atom. The van der Waals surface area contributed by atoms with E-state index in [-0.39, 0.29) is 29.1 Å². The van der Waals surface area contributed by atoms with Crippen LogP contribution in [0.3, 0.4) is 0 Å². The van der Waals surface area contributed by atoms with Crippen LogP contribution in [0.2, 0.25) is 0 Å². The Balaban J connectivity index is 1.70. The van der Waals surface area contributed by atoms with Gasteiger partial charge in [0.05, 0.1) is 17.2 Å². The number of sulfonamides is 1. The summed E-state index contributed by atoms with van der Waals surface area (Å²) < 4.78 is 48.0. The van der Waals surface area contributed by atoms with Crippen LogP contribution in [0.4, 0.5) is 10.1 Å². The van der Waals surface area contributed by atoms with Crippen molar-refractivity contribution >= 4 is 27.5 Å². The minimum Gasteiger partial charge on any atom is -0.494 e. The second-order valence-corrected chi connectivity index (χ2v) is 12.2. The van der Waals surface area contributed by atoms with Crippen LogP contribution < -0.4 is 14.4 Å². The second kappa shape index (κ2) is 14.3. The van der Waals surface area contributed by atoms with E-state index in [0.717, 1.165) is 30.0 Å². The number of nitrogens with one attached hydrogen (secondary N) is 1. The van der Waals surface area contributed by atoms with Gasteiger partial charge in [0.2, 0.25) is 11.8 Å². The van der Waals surface area contributed by atoms with Crippen LogP contribution in [-0.4, -0.2) is 50.4 Å². The standard InChI is InChI=1S/C32H38FN3O5S/c1-3-30(32(38)34-26-10-8-9-11-26)35(22-24-14-16-25(33)17-15-24)31(37)23-36(27-18-20-28(21-19-27)41-4-2)42(39,40)29-12-6-5-7-13-29/h5-7,12-21,26,30H,3-4,8-11,22-23H2,1-2H3,(H,34,38)/t30-/m0/s1. The topological polar surface area (TPSA) is 96.0 Å². The summed E-state index contributed by atoms with van der Waals surface area (Å²) in [7, 11) is -4.16. The first-order chi connectivity index (χ1) is 20.2. The zero-order chi connectivity index (χ0) is 30.1. The number of amides is 2. The normalized spacial score (nSPS) is 14.3. The third kappa shape index (κ3) is 7.67. The molecule has 8 nitrogen and oxygen atoms in total. The van der Waals surface area contributed by atoms with Gasteiger partial charge in [0.15, 0.2) is 0 Å². The van der Waals surface area contributed by atoms with Crippen LogP contribution in [0.1, 0.15) is 51.5 Å². The Hall–Kier alpha value is -3.92. The van der Waals surface area contributed by atoms with Crippen molar-refractivity contribution in [3.8, 4) is 5.75 Å². The highest BCUT2D eigenvalue weighted by atomic mass is 32.2. The molecule has 3 aromatic carbocycles. The van der Waals surface area contributed by atoms with E-state index in [1.807, 2.05) is 13.8 Å². The lowest BCUT2D eigenvalue weighted by Gasteiger charge is -2.33. The Kier molecular flexibility index (Phi) is 10.6. The van der Waals surface area contributed by atoms with Crippen molar-refractivity contribution in [3.63, 3.8) is 0 Å². The van der Waals surface area contributed by atoms with Crippen LogP contribution in [0, 0.1) is 5.82 Å². The van der Waals surface area contributed by atoms with E-state index in [1.165, 1.54) is 29.2 Å². The van der Waals surface area contributed by atoms with Crippen molar-refractivity contribution in [1.29, 1.82) is 0 Å². The van der Waals surface area contributed by atoms with Gasteiger partial charge in [-0.3, -0.25) is 13.9 Å². The van der Waals surface area contributed by atoms with Gasteiger partial charge in [-0.05, 0) is 80.3 Å². The van der Waals surface area contributed by atoms with Crippen LogP contribution in [0.15, 0.2) is 83.8 Å². The van der Waals surface area contributed by atoms with Crippen molar-refractivity contribution in [2.45, 2.75) is 69.5 Å². The van der Waals surface area contributed by atoms with Gasteiger partial charge in [0.25, 0.3) is 10.0 Å². The molecule has 1 saturated carbocycles. The van der Waals surface area contributed by atoms with Crippen molar-refractivity contribution in [2.75, 3.05) is 17.5 Å². The highest BCUT2D eigenvalue weighted by Crippen LogP contribution is 2.27. The van der Waals surface area contributed by atoms with Crippen molar-refractivity contribution < 1.29 is 27.1 Å². The molecule has 224 valence electrons. The summed E-state index contributed by atoms with van der Waals surface area (Å²) in [6, 6.07) is 19.3. The lowest BCUT2D eigenvalue weighted by atomic mass is 10.1. The zero-order valence-electron chi connectivity index (χ0n) is 24.0. The highest BCUT2D eigenvalue weighted by Gasteiger charge is 2.34. The molecule has 1 aliphatic rings. The summed E-state index contributed by atoms with van der Waals surface area (Å²) in [6.07, 6.45) is 4.16. The fraction of sp³-hybridized carbons (Fsp3) is 0.375. The third-order valence-electron chi connectivity index (χ3n) is 7.40. The monoisotopic (exact) mass is 595 g/mol. The molecule has 0 unspecified atom stereocenters. The first-order valence-electron chi connectivity index (χ1n) is 14.4. The molecule has 0 aromatic heterocycles. The molecule has 0 saturated heterocycles. The Labute approximate surface area is 247 Å². The number of anilines is 1. The molecule has 1 atom stereocenters. The molecule has 3 aromatic rings. The maximum Gasteiger partial charge on any atom is 0.264 e. The van der Waals surface area contributed by atoms with E-state index < -0.39 is 34.3 Å². The molecule has 0 aliphatic heterocycles. The SMILES string of the molecule is CCOc1ccc(N(CC(=O)N(Cc2ccc(F)cc2)[C@@H](CC)C(=O)NC2CCCC2)S(=O)(=O)c2ccccc2)cc1. The number of rotatable bonds is 13. The molecule has 10 heteroatoms. The molecule has 1 aliphatic carbocycles. The number of carbonyl (C=O) groups excluding carboxylic acids is 2. The van der Waals surface area contributed by atoms with Crippen LogP contribution in [0.5, 0.6) is 5.75 Å². The van der Waals surface area contributed by atoms with E-state index in [2.05, 4.69) is 5.32 Å². The minimum atomic E-state index is -4.16. The average molecular weight is 596 g/mol. The van der Waals surface area contributed by atoms with Crippen molar-refractivity contribution in [3.05, 3.63) is 90.2 Å². The number of carbonyl (C=O) groups is 2. The third-order valence-corrected chi connectivity index (χ3v) is 9.19. The zero-order valence-corrected chi connectivity index (χ0v) is 24.9. The van der Waals surface area contributed by atoms with Gasteiger partial charge in [-0.2, -0.15) is 0 Å². The molecule has 1 fully saturated rings. The lowest BCUT2D eigenvalue weighted by molar-refractivity contribution is -0.140. The average Bonchev–Trinajstić information content (AvgIpc) is 3.51. The summed E-state index contributed by atoms with van der Waals surface area (Å²) in [5, 5.41) is 3.08. The predicted octanol–water partition coefficient (Wildman–Crippen LogP) is 5.29. The van der Waals surface area contributed by atoms with Gasteiger partial charge in [0, 0.05) is 12.6 Å². The van der Waals surface area contributed by atoms with Gasteiger partial charge < -0.3 is 15.0 Å². The number of hydrogen-bond donors (Lipinski definition) is 1. The van der Waals surface area contributed by atoms with Gasteiger partial charge in [0.1, 0.15) is 24.2 Å². The summed E-state index contributed by atoms with van der Waals surface area (Å²) in [6.45, 7) is 3.58. The first kappa shape index (κ1) is 31.0. The fourth-order valence-corrected chi connectivity index (χ4v) is 6.63. The summed E-state index contributed by atoms with van der Waals surface area (Å²) in [5.74, 6) is -0.685. The molecule has 2 amide bonds. The summed E-state index contributed by atoms with van der Waals surface area (Å²) >= 11 is 0. The number of benzene rings is 3. The number of ether oxygens (including phenoxy) is 1. The van der Waals surface area contributed by atoms with Gasteiger partial charge in [-0.15, -0.1) is 0 Å². The smallest absolute Gasteiger partial charge is 0.264 e. The van der Waals surface area contributed by atoms with Crippen LogP contribution in [-0.2, 0) is 26.2 Å². The van der Waals surface area contributed by atoms with E-state index in [0.29, 0.717) is 24.3 Å². The largest absolute Gasteiger partial charge is 0.494 e. The molecular weight excluding hydrogens is 557 g/mol. The van der Waals surface area contributed by atoms with E-state index in [1.54, 1.807) is 54.6 Å². The Bertz CT molecular complexity index is 1430. The maximum atomic E-state index is 14.1. The van der Waals surface area contributed by atoms with Gasteiger partial charge in [-0.25, -0.2) is 12.8 Å². The molecule has 1 N–H and O–H groups in total. The molecule has 0 heterocycles. The minimum absolute atomic E-state index is 0.0121. The van der Waals surface area contributed by atoms with E-state index >= 15 is 0 Å². The predicted molar refractivity (Wildman–Crippen MR) is 160 cm³/mol. The van der Waals surface area contributed by atoms with E-state index in [4.69, 9.17) is 4.74 Å². The van der Waals surface area contributed by atoms with Crippen LogP contribution >= 0.6 is 0 Å². The highest BCUT2D eigenvalue weighted by molar-refractivity contribution is 7.92. The maximum absolute atomic E-state index is 14.1. The number of halogens is 1. The fourth-order valence-electron chi connectivity index (χ4n) is 5.20. The molecule has 42 heavy (non-hydrogen) atoms. The molecule has 0 bridgehead atoms. The Morgan fingerprint density at radius 2 is 1.60 bits per heavy atom. The molecule has 0 spiro atoms. The lowest BCUT2D eigenvalue weighted by Crippen LogP contribution is -2.53.